The Morgan fingerprint density at radius 2 is 1.84 bits per heavy atom. The van der Waals surface area contributed by atoms with Crippen LogP contribution >= 0.6 is 11.6 Å². The van der Waals surface area contributed by atoms with Gasteiger partial charge in [-0.2, -0.15) is 0 Å². The number of aromatic nitrogens is 1. The van der Waals surface area contributed by atoms with Gasteiger partial charge in [0.25, 0.3) is 5.91 Å². The Bertz CT molecular complexity index is 931. The molecular formula is C21H19ClN2O. The summed E-state index contributed by atoms with van der Waals surface area (Å²) in [5.41, 5.74) is 2.54. The molecule has 3 aromatic rings. The maximum Gasteiger partial charge on any atom is 0.255 e. The van der Waals surface area contributed by atoms with Crippen LogP contribution in [0, 0.1) is 0 Å². The third-order valence-electron chi connectivity index (χ3n) is 4.83. The topological polar surface area (TPSA) is 33.2 Å². The van der Waals surface area contributed by atoms with Crippen LogP contribution in [-0.2, 0) is 0 Å². The van der Waals surface area contributed by atoms with Crippen molar-refractivity contribution >= 4 is 28.4 Å². The largest absolute Gasteiger partial charge is 0.329 e. The van der Waals surface area contributed by atoms with Crippen LogP contribution < -0.4 is 0 Å². The predicted octanol–water partition coefficient (Wildman–Crippen LogP) is 5.25. The third-order valence-corrected chi connectivity index (χ3v) is 5.17. The second kappa shape index (κ2) is 6.49. The van der Waals surface area contributed by atoms with Gasteiger partial charge in [0.2, 0.25) is 0 Å². The second-order valence-corrected chi connectivity index (χ2v) is 6.92. The van der Waals surface area contributed by atoms with E-state index in [1.54, 1.807) is 6.20 Å². The molecule has 1 aliphatic rings. The summed E-state index contributed by atoms with van der Waals surface area (Å²) in [4.78, 5) is 19.8. The van der Waals surface area contributed by atoms with E-state index in [2.05, 4.69) is 11.9 Å². The van der Waals surface area contributed by atoms with E-state index in [4.69, 9.17) is 11.6 Å². The fraction of sp³-hybridized carbons (Fsp3) is 0.238. The summed E-state index contributed by atoms with van der Waals surface area (Å²) in [6, 6.07) is 17.6. The standard InChI is InChI=1S/C21H19ClN2O/c1-14(16-6-2-4-8-19(16)22)24(15-10-11-15)21(25)18-12-13-23-20-9-5-3-7-17(18)20/h2-9,12-15H,10-11H2,1H3. The second-order valence-electron chi connectivity index (χ2n) is 6.52. The highest BCUT2D eigenvalue weighted by Crippen LogP contribution is 2.38. The van der Waals surface area contributed by atoms with Crippen molar-refractivity contribution in [3.63, 3.8) is 0 Å². The Morgan fingerprint density at radius 3 is 2.60 bits per heavy atom. The molecule has 1 aromatic heterocycles. The molecule has 0 radical (unpaired) electrons. The first-order valence-electron chi connectivity index (χ1n) is 8.57. The minimum atomic E-state index is -0.0689. The van der Waals surface area contributed by atoms with Crippen molar-refractivity contribution < 1.29 is 4.79 Å². The Kier molecular flexibility index (Phi) is 4.18. The maximum absolute atomic E-state index is 13.4. The normalized spacial score (nSPS) is 15.1. The zero-order chi connectivity index (χ0) is 17.4. The number of rotatable bonds is 4. The molecule has 1 saturated carbocycles. The number of nitrogens with zero attached hydrogens (tertiary/aromatic N) is 2. The van der Waals surface area contributed by atoms with Crippen molar-refractivity contribution in [1.29, 1.82) is 0 Å². The molecule has 1 aliphatic carbocycles. The number of hydrogen-bond donors (Lipinski definition) is 0. The van der Waals surface area contributed by atoms with Gasteiger partial charge >= 0.3 is 0 Å². The summed E-state index contributed by atoms with van der Waals surface area (Å²) in [7, 11) is 0. The molecule has 2 aromatic carbocycles. The highest BCUT2D eigenvalue weighted by Gasteiger charge is 2.37. The van der Waals surface area contributed by atoms with Crippen LogP contribution in [0.5, 0.6) is 0 Å². The fourth-order valence-corrected chi connectivity index (χ4v) is 3.69. The Hall–Kier alpha value is -2.39. The molecule has 0 N–H and O–H groups in total. The Balaban J connectivity index is 1.76. The van der Waals surface area contributed by atoms with Crippen LogP contribution in [0.4, 0.5) is 0 Å². The molecule has 1 heterocycles. The molecule has 0 saturated heterocycles. The number of amides is 1. The molecule has 1 fully saturated rings. The van der Waals surface area contributed by atoms with Crippen LogP contribution in [0.15, 0.2) is 60.8 Å². The molecule has 1 atom stereocenters. The molecule has 0 bridgehead atoms. The van der Waals surface area contributed by atoms with E-state index in [0.29, 0.717) is 10.6 Å². The third kappa shape index (κ3) is 3.00. The summed E-state index contributed by atoms with van der Waals surface area (Å²) < 4.78 is 0. The predicted molar refractivity (Wildman–Crippen MR) is 101 cm³/mol. The van der Waals surface area contributed by atoms with Gasteiger partial charge in [-0.3, -0.25) is 9.78 Å². The van der Waals surface area contributed by atoms with Gasteiger partial charge in [0, 0.05) is 22.6 Å². The average molecular weight is 351 g/mol. The summed E-state index contributed by atoms with van der Waals surface area (Å²) in [5.74, 6) is 0.0496. The molecule has 1 unspecified atom stereocenters. The molecule has 1 amide bonds. The van der Waals surface area contributed by atoms with Crippen LogP contribution in [-0.4, -0.2) is 21.8 Å². The van der Waals surface area contributed by atoms with E-state index in [0.717, 1.165) is 29.3 Å². The van der Waals surface area contributed by atoms with Gasteiger partial charge in [-0.1, -0.05) is 48.0 Å². The number of para-hydroxylation sites is 1. The first-order chi connectivity index (χ1) is 12.2. The first kappa shape index (κ1) is 16.1. The van der Waals surface area contributed by atoms with Crippen LogP contribution in [0.1, 0.15) is 41.7 Å². The maximum atomic E-state index is 13.4. The van der Waals surface area contributed by atoms with E-state index >= 15 is 0 Å². The van der Waals surface area contributed by atoms with Crippen LogP contribution in [0.3, 0.4) is 0 Å². The van der Waals surface area contributed by atoms with Crippen molar-refractivity contribution in [2.75, 3.05) is 0 Å². The fourth-order valence-electron chi connectivity index (χ4n) is 3.40. The lowest BCUT2D eigenvalue weighted by molar-refractivity contribution is 0.0676. The lowest BCUT2D eigenvalue weighted by atomic mass is 10.0. The molecular weight excluding hydrogens is 332 g/mol. The smallest absolute Gasteiger partial charge is 0.255 e. The highest BCUT2D eigenvalue weighted by atomic mass is 35.5. The van der Waals surface area contributed by atoms with Gasteiger partial charge in [0.05, 0.1) is 17.1 Å². The van der Waals surface area contributed by atoms with Crippen molar-refractivity contribution in [2.45, 2.75) is 31.8 Å². The van der Waals surface area contributed by atoms with Crippen molar-refractivity contribution in [3.8, 4) is 0 Å². The quantitative estimate of drug-likeness (QED) is 0.643. The van der Waals surface area contributed by atoms with E-state index in [1.807, 2.05) is 59.5 Å². The minimum Gasteiger partial charge on any atom is -0.329 e. The van der Waals surface area contributed by atoms with E-state index in [9.17, 15) is 4.79 Å². The molecule has 25 heavy (non-hydrogen) atoms. The Labute approximate surface area is 152 Å². The molecule has 3 nitrogen and oxygen atoms in total. The number of carbonyl (C=O) groups is 1. The highest BCUT2D eigenvalue weighted by molar-refractivity contribution is 6.31. The summed E-state index contributed by atoms with van der Waals surface area (Å²) in [5, 5.41) is 1.60. The van der Waals surface area contributed by atoms with Crippen LogP contribution in [0.2, 0.25) is 5.02 Å². The monoisotopic (exact) mass is 350 g/mol. The molecule has 126 valence electrons. The van der Waals surface area contributed by atoms with Gasteiger partial charge in [0.15, 0.2) is 0 Å². The molecule has 4 heteroatoms. The van der Waals surface area contributed by atoms with Gasteiger partial charge in [-0.05, 0) is 43.5 Å². The lowest BCUT2D eigenvalue weighted by Gasteiger charge is -2.30. The van der Waals surface area contributed by atoms with Crippen molar-refractivity contribution in [1.82, 2.24) is 9.88 Å². The lowest BCUT2D eigenvalue weighted by Crippen LogP contribution is -2.35. The minimum absolute atomic E-state index is 0.0496. The number of pyridine rings is 1. The number of fused-ring (bicyclic) bond motifs is 1. The van der Waals surface area contributed by atoms with Crippen molar-refractivity contribution in [3.05, 3.63) is 76.9 Å². The molecule has 0 aliphatic heterocycles. The van der Waals surface area contributed by atoms with Gasteiger partial charge in [-0.15, -0.1) is 0 Å². The summed E-state index contributed by atoms with van der Waals surface area (Å²) >= 11 is 6.39. The van der Waals surface area contributed by atoms with Crippen LogP contribution in [0.25, 0.3) is 10.9 Å². The Morgan fingerprint density at radius 1 is 1.12 bits per heavy atom. The zero-order valence-corrected chi connectivity index (χ0v) is 14.8. The summed E-state index contributed by atoms with van der Waals surface area (Å²) in [6.45, 7) is 2.06. The van der Waals surface area contributed by atoms with Gasteiger partial charge in [-0.25, -0.2) is 0 Å². The first-order valence-corrected chi connectivity index (χ1v) is 8.95. The van der Waals surface area contributed by atoms with Crippen molar-refractivity contribution in [2.24, 2.45) is 0 Å². The zero-order valence-electron chi connectivity index (χ0n) is 14.0. The van der Waals surface area contributed by atoms with Gasteiger partial charge in [0.1, 0.15) is 0 Å². The molecule has 4 rings (SSSR count). The number of halogens is 1. The van der Waals surface area contributed by atoms with E-state index in [-0.39, 0.29) is 18.0 Å². The molecule has 0 spiro atoms. The summed E-state index contributed by atoms with van der Waals surface area (Å²) in [6.07, 6.45) is 3.80. The van der Waals surface area contributed by atoms with Gasteiger partial charge < -0.3 is 4.90 Å². The average Bonchev–Trinajstić information content (AvgIpc) is 3.46. The number of hydrogen-bond acceptors (Lipinski definition) is 2. The number of carbonyl (C=O) groups excluding carboxylic acids is 1. The number of benzene rings is 2. The SMILES string of the molecule is CC(c1ccccc1Cl)N(C(=O)c1ccnc2ccccc12)C1CC1. The van der Waals surface area contributed by atoms with E-state index in [1.165, 1.54) is 0 Å². The van der Waals surface area contributed by atoms with E-state index < -0.39 is 0 Å².